The van der Waals surface area contributed by atoms with E-state index in [4.69, 9.17) is 20.2 Å². The van der Waals surface area contributed by atoms with Crippen molar-refractivity contribution in [3.05, 3.63) is 38.5 Å². The van der Waals surface area contributed by atoms with Crippen LogP contribution in [0.25, 0.3) is 10.9 Å². The summed E-state index contributed by atoms with van der Waals surface area (Å²) < 4.78 is 13.7. The molecule has 0 radical (unpaired) electrons. The van der Waals surface area contributed by atoms with E-state index in [1.807, 2.05) is 9.80 Å². The van der Waals surface area contributed by atoms with Gasteiger partial charge in [0.15, 0.2) is 17.8 Å². The lowest BCUT2D eigenvalue weighted by molar-refractivity contribution is 0.112. The average Bonchev–Trinajstić information content (AvgIpc) is 3.02. The highest BCUT2D eigenvalue weighted by atomic mass is 16.5. The SMILES string of the molecule is CCCCCCn1c(N2CCN(c3nc(N)c4cc(OC)c(OC)cc4n3)CC2)c(C=O)c(=O)n(CCCCCC)c1=O. The lowest BCUT2D eigenvalue weighted by Gasteiger charge is -2.37. The van der Waals surface area contributed by atoms with E-state index < -0.39 is 5.56 Å². The van der Waals surface area contributed by atoms with Crippen molar-refractivity contribution < 1.29 is 14.3 Å². The third kappa shape index (κ3) is 6.94. The molecular weight excluding hydrogens is 550 g/mol. The Balaban J connectivity index is 1.63. The van der Waals surface area contributed by atoms with Crippen LogP contribution in [0, 0.1) is 0 Å². The van der Waals surface area contributed by atoms with E-state index in [0.29, 0.717) is 85.5 Å². The zero-order chi connectivity index (χ0) is 30.9. The minimum absolute atomic E-state index is 0.0475. The molecule has 234 valence electrons. The van der Waals surface area contributed by atoms with Crippen molar-refractivity contribution in [3.63, 3.8) is 0 Å². The van der Waals surface area contributed by atoms with Gasteiger partial charge in [0.1, 0.15) is 17.2 Å². The van der Waals surface area contributed by atoms with Gasteiger partial charge in [0.05, 0.1) is 19.7 Å². The third-order valence-electron chi connectivity index (χ3n) is 8.10. The summed E-state index contributed by atoms with van der Waals surface area (Å²) in [6.07, 6.45) is 8.27. The molecule has 1 fully saturated rings. The Morgan fingerprint density at radius 2 is 1.40 bits per heavy atom. The fourth-order valence-electron chi connectivity index (χ4n) is 5.67. The molecule has 1 aliphatic rings. The quantitative estimate of drug-likeness (QED) is 0.204. The summed E-state index contributed by atoms with van der Waals surface area (Å²) in [7, 11) is 3.13. The van der Waals surface area contributed by atoms with Crippen molar-refractivity contribution in [3.8, 4) is 11.5 Å². The van der Waals surface area contributed by atoms with Crippen molar-refractivity contribution in [2.45, 2.75) is 78.3 Å². The maximum atomic E-state index is 13.7. The number of unbranched alkanes of at least 4 members (excludes halogenated alkanes) is 6. The van der Waals surface area contributed by atoms with Crippen LogP contribution in [0.4, 0.5) is 17.6 Å². The number of ether oxygens (including phenoxy) is 2. The number of carbonyl (C=O) groups is 1. The lowest BCUT2D eigenvalue weighted by Crippen LogP contribution is -2.51. The first-order valence-electron chi connectivity index (χ1n) is 15.4. The normalized spacial score (nSPS) is 13.5. The number of carbonyl (C=O) groups excluding carboxylic acids is 1. The maximum absolute atomic E-state index is 13.7. The molecule has 43 heavy (non-hydrogen) atoms. The van der Waals surface area contributed by atoms with Gasteiger partial charge in [0, 0.05) is 50.7 Å². The number of nitrogens with two attached hydrogens (primary N) is 1. The number of rotatable bonds is 15. The van der Waals surface area contributed by atoms with Crippen LogP contribution in [-0.2, 0) is 13.1 Å². The summed E-state index contributed by atoms with van der Waals surface area (Å²) >= 11 is 0. The summed E-state index contributed by atoms with van der Waals surface area (Å²) in [6, 6.07) is 3.54. The summed E-state index contributed by atoms with van der Waals surface area (Å²) in [6.45, 7) is 7.01. The Kier molecular flexibility index (Phi) is 11.0. The average molecular weight is 596 g/mol. The number of hydrogen-bond donors (Lipinski definition) is 1. The zero-order valence-electron chi connectivity index (χ0n) is 25.9. The van der Waals surface area contributed by atoms with Gasteiger partial charge in [-0.15, -0.1) is 0 Å². The van der Waals surface area contributed by atoms with Gasteiger partial charge in [-0.2, -0.15) is 4.98 Å². The second kappa shape index (κ2) is 14.9. The van der Waals surface area contributed by atoms with Crippen LogP contribution in [0.3, 0.4) is 0 Å². The topological polar surface area (TPSA) is 138 Å². The highest BCUT2D eigenvalue weighted by Crippen LogP contribution is 2.34. The summed E-state index contributed by atoms with van der Waals surface area (Å²) in [5.41, 5.74) is 6.16. The van der Waals surface area contributed by atoms with Crippen LogP contribution in [0.2, 0.25) is 0 Å². The Bertz CT molecular complexity index is 1530. The summed E-state index contributed by atoms with van der Waals surface area (Å²) in [4.78, 5) is 52.8. The highest BCUT2D eigenvalue weighted by molar-refractivity contribution is 5.91. The Morgan fingerprint density at radius 3 is 1.98 bits per heavy atom. The smallest absolute Gasteiger partial charge is 0.332 e. The molecule has 0 atom stereocenters. The van der Waals surface area contributed by atoms with Crippen LogP contribution < -0.4 is 36.3 Å². The molecule has 0 bridgehead atoms. The molecule has 1 aliphatic heterocycles. The Morgan fingerprint density at radius 1 is 0.814 bits per heavy atom. The highest BCUT2D eigenvalue weighted by Gasteiger charge is 2.27. The largest absolute Gasteiger partial charge is 0.493 e. The minimum atomic E-state index is -0.506. The first kappa shape index (κ1) is 31.8. The standard InChI is InChI=1S/C31H45N7O5/c1-5-7-9-11-13-37-28(23(21-39)29(40)38(31(37)41)14-12-10-8-6-2)35-15-17-36(18-16-35)30-33-24-20-26(43-4)25(42-3)19-22(24)27(32)34-30/h19-21H,5-18H2,1-4H3,(H2,32,33,34). The third-order valence-corrected chi connectivity index (χ3v) is 8.10. The van der Waals surface area contributed by atoms with Crippen molar-refractivity contribution in [1.29, 1.82) is 0 Å². The molecule has 2 aromatic heterocycles. The van der Waals surface area contributed by atoms with Gasteiger partial charge in [-0.05, 0) is 18.9 Å². The number of hydrogen-bond acceptors (Lipinski definition) is 10. The van der Waals surface area contributed by atoms with Crippen LogP contribution in [-0.4, -0.2) is 65.8 Å². The first-order chi connectivity index (χ1) is 20.9. The Labute approximate surface area is 252 Å². The fraction of sp³-hybridized carbons (Fsp3) is 0.581. The predicted molar refractivity (Wildman–Crippen MR) is 170 cm³/mol. The second-order valence-electron chi connectivity index (χ2n) is 11.0. The van der Waals surface area contributed by atoms with Crippen molar-refractivity contribution >= 4 is 34.8 Å². The van der Waals surface area contributed by atoms with Gasteiger partial charge in [0.2, 0.25) is 5.95 Å². The molecule has 2 N–H and O–H groups in total. The van der Waals surface area contributed by atoms with Crippen molar-refractivity contribution in [2.75, 3.05) is 55.9 Å². The van der Waals surface area contributed by atoms with Crippen LogP contribution in [0.15, 0.2) is 21.7 Å². The fourth-order valence-corrected chi connectivity index (χ4v) is 5.67. The van der Waals surface area contributed by atoms with Crippen LogP contribution in [0.1, 0.15) is 75.6 Å². The van der Waals surface area contributed by atoms with Gasteiger partial charge < -0.3 is 25.0 Å². The number of benzene rings is 1. The van der Waals surface area contributed by atoms with Crippen molar-refractivity contribution in [1.82, 2.24) is 19.1 Å². The van der Waals surface area contributed by atoms with Crippen molar-refractivity contribution in [2.24, 2.45) is 0 Å². The predicted octanol–water partition coefficient (Wildman–Crippen LogP) is 3.85. The molecule has 4 rings (SSSR count). The molecule has 3 aromatic rings. The molecule has 3 heterocycles. The number of aromatic nitrogens is 4. The minimum Gasteiger partial charge on any atom is -0.493 e. The maximum Gasteiger partial charge on any atom is 0.332 e. The number of nitrogen functional groups attached to an aromatic ring is 1. The molecule has 0 aliphatic carbocycles. The molecule has 12 heteroatoms. The van der Waals surface area contributed by atoms with E-state index in [9.17, 15) is 14.4 Å². The number of fused-ring (bicyclic) bond motifs is 1. The molecule has 0 spiro atoms. The van der Waals surface area contributed by atoms with E-state index in [-0.39, 0.29) is 11.3 Å². The van der Waals surface area contributed by atoms with Gasteiger partial charge in [-0.3, -0.25) is 18.7 Å². The zero-order valence-corrected chi connectivity index (χ0v) is 25.9. The molecule has 0 amide bonds. The lowest BCUT2D eigenvalue weighted by atomic mass is 10.2. The number of aldehydes is 1. The van der Waals surface area contributed by atoms with E-state index in [0.717, 1.165) is 51.4 Å². The van der Waals surface area contributed by atoms with Gasteiger partial charge >= 0.3 is 5.69 Å². The summed E-state index contributed by atoms with van der Waals surface area (Å²) in [5.74, 6) is 2.31. The van der Waals surface area contributed by atoms with Crippen LogP contribution in [0.5, 0.6) is 11.5 Å². The molecule has 0 saturated carbocycles. The number of piperazine rings is 1. The van der Waals surface area contributed by atoms with Gasteiger partial charge in [0.25, 0.3) is 5.56 Å². The summed E-state index contributed by atoms with van der Waals surface area (Å²) in [5, 5.41) is 0.665. The molecule has 1 aromatic carbocycles. The van der Waals surface area contributed by atoms with E-state index >= 15 is 0 Å². The number of nitrogens with zero attached hydrogens (tertiary/aromatic N) is 6. The van der Waals surface area contributed by atoms with Crippen LogP contribution >= 0.6 is 0 Å². The van der Waals surface area contributed by atoms with E-state index in [2.05, 4.69) is 18.8 Å². The van der Waals surface area contributed by atoms with E-state index in [1.165, 1.54) is 4.57 Å². The Hall–Kier alpha value is -4.09. The first-order valence-corrected chi connectivity index (χ1v) is 15.4. The molecule has 12 nitrogen and oxygen atoms in total. The second-order valence-corrected chi connectivity index (χ2v) is 11.0. The molecular formula is C31H45N7O5. The number of methoxy groups -OCH3 is 2. The molecule has 0 unspecified atom stereocenters. The van der Waals surface area contributed by atoms with Gasteiger partial charge in [-0.25, -0.2) is 9.78 Å². The number of anilines is 3. The van der Waals surface area contributed by atoms with E-state index in [1.54, 1.807) is 30.9 Å². The van der Waals surface area contributed by atoms with Gasteiger partial charge in [-0.1, -0.05) is 52.4 Å². The molecule has 1 saturated heterocycles. The monoisotopic (exact) mass is 595 g/mol.